The van der Waals surface area contributed by atoms with Gasteiger partial charge in [-0.2, -0.15) is 0 Å². The molecule has 0 unspecified atom stereocenters. The third-order valence-corrected chi connectivity index (χ3v) is 3.72. The van der Waals surface area contributed by atoms with E-state index in [2.05, 4.69) is 15.5 Å². The predicted octanol–water partition coefficient (Wildman–Crippen LogP) is 1.09. The number of amides is 2. The first-order valence-corrected chi connectivity index (χ1v) is 7.60. The van der Waals surface area contributed by atoms with Crippen molar-refractivity contribution < 1.29 is 9.53 Å². The Morgan fingerprint density at radius 2 is 2.09 bits per heavy atom. The van der Waals surface area contributed by atoms with E-state index in [0.29, 0.717) is 26.1 Å². The molecule has 2 atom stereocenters. The van der Waals surface area contributed by atoms with Crippen LogP contribution in [0.5, 0.6) is 0 Å². The normalized spacial score (nSPS) is 22.0. The maximum Gasteiger partial charge on any atom is 0.317 e. The standard InChI is InChI=1S/C15H21N5O2/c1-11-9-19(10-12(2)22-11)15(21)16-7-6-14-18-17-13-5-3-4-8-20(13)14/h3-5,8,11-12H,6-7,9-10H2,1-2H3,(H,16,21)/t11-,12-/m1/s1. The highest BCUT2D eigenvalue weighted by Crippen LogP contribution is 2.10. The summed E-state index contributed by atoms with van der Waals surface area (Å²) in [6.07, 6.45) is 2.73. The first-order valence-electron chi connectivity index (χ1n) is 7.60. The van der Waals surface area contributed by atoms with Crippen molar-refractivity contribution in [2.45, 2.75) is 32.5 Å². The molecule has 0 aromatic carbocycles. The number of morpholine rings is 1. The van der Waals surface area contributed by atoms with Crippen molar-refractivity contribution >= 4 is 11.7 Å². The molecule has 3 rings (SSSR count). The second-order valence-corrected chi connectivity index (χ2v) is 5.69. The fourth-order valence-electron chi connectivity index (χ4n) is 2.80. The quantitative estimate of drug-likeness (QED) is 0.921. The lowest BCUT2D eigenvalue weighted by molar-refractivity contribution is -0.0544. The Bertz CT molecular complexity index is 646. The van der Waals surface area contributed by atoms with Gasteiger partial charge in [-0.15, -0.1) is 10.2 Å². The average molecular weight is 303 g/mol. The van der Waals surface area contributed by atoms with Crippen LogP contribution in [0.1, 0.15) is 19.7 Å². The molecule has 0 radical (unpaired) electrons. The minimum Gasteiger partial charge on any atom is -0.372 e. The maximum absolute atomic E-state index is 12.2. The van der Waals surface area contributed by atoms with Crippen LogP contribution in [0.25, 0.3) is 5.65 Å². The lowest BCUT2D eigenvalue weighted by Gasteiger charge is -2.35. The highest BCUT2D eigenvalue weighted by atomic mass is 16.5. The smallest absolute Gasteiger partial charge is 0.317 e. The summed E-state index contributed by atoms with van der Waals surface area (Å²) in [4.78, 5) is 14.0. The zero-order chi connectivity index (χ0) is 15.5. The van der Waals surface area contributed by atoms with Gasteiger partial charge < -0.3 is 15.0 Å². The molecular formula is C15H21N5O2. The number of carbonyl (C=O) groups excluding carboxylic acids is 1. The first-order chi connectivity index (χ1) is 10.6. The number of urea groups is 1. The molecule has 3 heterocycles. The fourth-order valence-corrected chi connectivity index (χ4v) is 2.80. The van der Waals surface area contributed by atoms with Crippen molar-refractivity contribution in [1.82, 2.24) is 24.8 Å². The van der Waals surface area contributed by atoms with Gasteiger partial charge in [0.05, 0.1) is 12.2 Å². The number of hydrogen-bond donors (Lipinski definition) is 1. The predicted molar refractivity (Wildman–Crippen MR) is 81.7 cm³/mol. The minimum atomic E-state index is -0.0455. The van der Waals surface area contributed by atoms with Crippen molar-refractivity contribution in [1.29, 1.82) is 0 Å². The topological polar surface area (TPSA) is 71.8 Å². The monoisotopic (exact) mass is 303 g/mol. The molecule has 0 aliphatic carbocycles. The summed E-state index contributed by atoms with van der Waals surface area (Å²) in [6, 6.07) is 5.73. The first kappa shape index (κ1) is 14.8. The molecule has 1 N–H and O–H groups in total. The number of nitrogens with zero attached hydrogens (tertiary/aromatic N) is 4. The number of rotatable bonds is 3. The Hall–Kier alpha value is -2.15. The van der Waals surface area contributed by atoms with Crippen LogP contribution >= 0.6 is 0 Å². The largest absolute Gasteiger partial charge is 0.372 e. The highest BCUT2D eigenvalue weighted by molar-refractivity contribution is 5.74. The van der Waals surface area contributed by atoms with Crippen LogP contribution in [0.4, 0.5) is 4.79 Å². The van der Waals surface area contributed by atoms with Gasteiger partial charge in [0.25, 0.3) is 0 Å². The number of aromatic nitrogens is 3. The molecule has 1 saturated heterocycles. The van der Waals surface area contributed by atoms with Gasteiger partial charge >= 0.3 is 6.03 Å². The van der Waals surface area contributed by atoms with E-state index in [9.17, 15) is 4.79 Å². The number of ether oxygens (including phenoxy) is 1. The molecule has 1 aliphatic rings. The third kappa shape index (κ3) is 3.19. The van der Waals surface area contributed by atoms with E-state index in [4.69, 9.17) is 4.74 Å². The summed E-state index contributed by atoms with van der Waals surface area (Å²) in [7, 11) is 0. The second kappa shape index (κ2) is 6.31. The number of pyridine rings is 1. The van der Waals surface area contributed by atoms with E-state index < -0.39 is 0 Å². The Balaban J connectivity index is 1.53. The Kier molecular flexibility index (Phi) is 4.24. The Morgan fingerprint density at radius 3 is 2.86 bits per heavy atom. The van der Waals surface area contributed by atoms with Crippen molar-refractivity contribution in [3.63, 3.8) is 0 Å². The number of carbonyl (C=O) groups is 1. The average Bonchev–Trinajstić information content (AvgIpc) is 2.90. The molecule has 1 aliphatic heterocycles. The van der Waals surface area contributed by atoms with Crippen LogP contribution in [0.2, 0.25) is 0 Å². The van der Waals surface area contributed by atoms with E-state index in [-0.39, 0.29) is 18.2 Å². The molecule has 0 spiro atoms. The fraction of sp³-hybridized carbons (Fsp3) is 0.533. The van der Waals surface area contributed by atoms with Crippen LogP contribution in [0.15, 0.2) is 24.4 Å². The zero-order valence-corrected chi connectivity index (χ0v) is 12.9. The summed E-state index contributed by atoms with van der Waals surface area (Å²) in [5, 5.41) is 11.2. The lowest BCUT2D eigenvalue weighted by atomic mass is 10.2. The van der Waals surface area contributed by atoms with E-state index in [0.717, 1.165) is 11.5 Å². The zero-order valence-electron chi connectivity index (χ0n) is 12.9. The second-order valence-electron chi connectivity index (χ2n) is 5.69. The van der Waals surface area contributed by atoms with Gasteiger partial charge in [-0.3, -0.25) is 4.40 Å². The van der Waals surface area contributed by atoms with Gasteiger partial charge in [0.2, 0.25) is 0 Å². The van der Waals surface area contributed by atoms with Gasteiger partial charge in [0.1, 0.15) is 5.82 Å². The van der Waals surface area contributed by atoms with Gasteiger partial charge in [-0.25, -0.2) is 4.79 Å². The summed E-state index contributed by atoms with van der Waals surface area (Å²) in [5.41, 5.74) is 0.819. The van der Waals surface area contributed by atoms with E-state index in [1.54, 1.807) is 4.90 Å². The van der Waals surface area contributed by atoms with Gasteiger partial charge in [-0.1, -0.05) is 6.07 Å². The van der Waals surface area contributed by atoms with Crippen LogP contribution in [-0.2, 0) is 11.2 Å². The molecule has 118 valence electrons. The molecule has 0 saturated carbocycles. The molecule has 7 nitrogen and oxygen atoms in total. The molecular weight excluding hydrogens is 282 g/mol. The summed E-state index contributed by atoms with van der Waals surface area (Å²) in [5.74, 6) is 0.847. The molecule has 2 aromatic heterocycles. The van der Waals surface area contributed by atoms with Crippen molar-refractivity contribution in [2.24, 2.45) is 0 Å². The maximum atomic E-state index is 12.2. The van der Waals surface area contributed by atoms with Gasteiger partial charge in [0.15, 0.2) is 5.65 Å². The van der Waals surface area contributed by atoms with E-state index in [1.165, 1.54) is 0 Å². The van der Waals surface area contributed by atoms with E-state index >= 15 is 0 Å². The number of nitrogens with one attached hydrogen (secondary N) is 1. The summed E-state index contributed by atoms with van der Waals surface area (Å²) >= 11 is 0. The molecule has 2 amide bonds. The van der Waals surface area contributed by atoms with Gasteiger partial charge in [-0.05, 0) is 26.0 Å². The molecule has 1 fully saturated rings. The van der Waals surface area contributed by atoms with Crippen molar-refractivity contribution in [3.8, 4) is 0 Å². The SMILES string of the molecule is C[C@@H]1CN(C(=O)NCCc2nnc3ccccn23)C[C@@H](C)O1. The van der Waals surface area contributed by atoms with Crippen LogP contribution < -0.4 is 5.32 Å². The Morgan fingerprint density at radius 1 is 1.32 bits per heavy atom. The van der Waals surface area contributed by atoms with Gasteiger partial charge in [0, 0.05) is 32.3 Å². The van der Waals surface area contributed by atoms with Crippen molar-refractivity contribution in [3.05, 3.63) is 30.2 Å². The highest BCUT2D eigenvalue weighted by Gasteiger charge is 2.25. The van der Waals surface area contributed by atoms with Crippen molar-refractivity contribution in [2.75, 3.05) is 19.6 Å². The molecule has 0 bridgehead atoms. The van der Waals surface area contributed by atoms with Crippen LogP contribution in [0, 0.1) is 0 Å². The third-order valence-electron chi connectivity index (χ3n) is 3.72. The van der Waals surface area contributed by atoms with Crippen LogP contribution in [-0.4, -0.2) is 57.4 Å². The minimum absolute atomic E-state index is 0.0455. The number of hydrogen-bond acceptors (Lipinski definition) is 4. The Labute approximate surface area is 129 Å². The molecule has 7 heteroatoms. The molecule has 22 heavy (non-hydrogen) atoms. The number of fused-ring (bicyclic) bond motifs is 1. The van der Waals surface area contributed by atoms with E-state index in [1.807, 2.05) is 42.6 Å². The summed E-state index contributed by atoms with van der Waals surface area (Å²) in [6.45, 7) is 5.76. The summed E-state index contributed by atoms with van der Waals surface area (Å²) < 4.78 is 7.57. The molecule has 2 aromatic rings. The lowest BCUT2D eigenvalue weighted by Crippen LogP contribution is -2.51. The van der Waals surface area contributed by atoms with Crippen LogP contribution in [0.3, 0.4) is 0 Å².